The van der Waals surface area contributed by atoms with Crippen LogP contribution in [0.15, 0.2) is 12.7 Å². The number of carbonyl (C=O) groups excluding carboxylic acids is 2. The average Bonchev–Trinajstić information content (AvgIpc) is 3.29. The lowest BCUT2D eigenvalue weighted by Gasteiger charge is -2.40. The number of hydrogen-bond acceptors (Lipinski definition) is 5. The number of rotatable bonds is 11. The van der Waals surface area contributed by atoms with Gasteiger partial charge < -0.3 is 20.0 Å². The summed E-state index contributed by atoms with van der Waals surface area (Å²) in [5.74, 6) is -3.03. The van der Waals surface area contributed by atoms with Gasteiger partial charge in [0, 0.05) is 17.8 Å². The van der Waals surface area contributed by atoms with Crippen LogP contribution in [0.4, 0.5) is 0 Å². The van der Waals surface area contributed by atoms with Crippen molar-refractivity contribution in [2.75, 3.05) is 19.7 Å². The van der Waals surface area contributed by atoms with Gasteiger partial charge in [0.1, 0.15) is 6.04 Å². The van der Waals surface area contributed by atoms with Crippen molar-refractivity contribution in [3.8, 4) is 0 Å². The first-order chi connectivity index (χ1) is 15.1. The minimum Gasteiger partial charge on any atom is -0.481 e. The van der Waals surface area contributed by atoms with Crippen molar-refractivity contribution >= 4 is 29.5 Å². The van der Waals surface area contributed by atoms with Crippen molar-refractivity contribution in [2.45, 2.75) is 81.4 Å². The highest BCUT2D eigenvalue weighted by Gasteiger charge is 2.78. The van der Waals surface area contributed by atoms with Crippen LogP contribution in [0.1, 0.15) is 59.8 Å². The van der Waals surface area contributed by atoms with Crippen molar-refractivity contribution in [1.82, 2.24) is 9.80 Å². The minimum atomic E-state index is -0.969. The fourth-order valence-corrected chi connectivity index (χ4v) is 8.50. The number of nitrogens with zero attached hydrogens (tertiary/aromatic N) is 2. The minimum absolute atomic E-state index is 0.0662. The fraction of sp³-hybridized carbons (Fsp3) is 0.792. The Balaban J connectivity index is 2.08. The summed E-state index contributed by atoms with van der Waals surface area (Å²) < 4.78 is -1.33. The monoisotopic (exact) mass is 466 g/mol. The maximum atomic E-state index is 14.1. The zero-order chi connectivity index (χ0) is 23.8. The summed E-state index contributed by atoms with van der Waals surface area (Å²) in [7, 11) is 0. The summed E-state index contributed by atoms with van der Waals surface area (Å²) in [6.07, 6.45) is 5.90. The highest BCUT2D eigenvalue weighted by Crippen LogP contribution is 2.71. The molecule has 6 atom stereocenters. The fourth-order valence-electron chi connectivity index (χ4n) is 6.17. The van der Waals surface area contributed by atoms with Crippen LogP contribution in [0.25, 0.3) is 0 Å². The molecule has 0 radical (unpaired) electrons. The van der Waals surface area contributed by atoms with Gasteiger partial charge in [-0.05, 0) is 32.1 Å². The molecule has 0 aliphatic carbocycles. The van der Waals surface area contributed by atoms with Crippen LogP contribution in [0.3, 0.4) is 0 Å². The van der Waals surface area contributed by atoms with Gasteiger partial charge in [0.15, 0.2) is 0 Å². The summed E-state index contributed by atoms with van der Waals surface area (Å²) in [5, 5.41) is 20.3. The second-order valence-corrected chi connectivity index (χ2v) is 12.0. The second kappa shape index (κ2) is 9.37. The number of aliphatic carboxylic acids is 1. The van der Waals surface area contributed by atoms with Gasteiger partial charge in [-0.15, -0.1) is 18.3 Å². The number of likely N-dealkylation sites (tertiary alicyclic amines) is 1. The van der Waals surface area contributed by atoms with Gasteiger partial charge in [-0.2, -0.15) is 0 Å². The molecular weight excluding hydrogens is 428 g/mol. The topological polar surface area (TPSA) is 98.2 Å². The predicted octanol–water partition coefficient (Wildman–Crippen LogP) is 2.77. The summed E-state index contributed by atoms with van der Waals surface area (Å²) in [4.78, 5) is 43.6. The lowest BCUT2D eigenvalue weighted by molar-refractivity contribution is -0.151. The molecule has 3 aliphatic rings. The van der Waals surface area contributed by atoms with Gasteiger partial charge in [-0.25, -0.2) is 0 Å². The zero-order valence-electron chi connectivity index (χ0n) is 19.7. The molecule has 2 bridgehead atoms. The Morgan fingerprint density at radius 2 is 2.03 bits per heavy atom. The number of aliphatic hydroxyl groups excluding tert-OH is 1. The van der Waals surface area contributed by atoms with E-state index in [9.17, 15) is 24.6 Å². The molecule has 8 heteroatoms. The van der Waals surface area contributed by atoms with Gasteiger partial charge in [-0.1, -0.05) is 39.7 Å². The van der Waals surface area contributed by atoms with E-state index in [-0.39, 0.29) is 24.3 Å². The van der Waals surface area contributed by atoms with Crippen LogP contribution in [0, 0.1) is 17.8 Å². The van der Waals surface area contributed by atoms with E-state index < -0.39 is 39.4 Å². The highest BCUT2D eigenvalue weighted by atomic mass is 32.2. The molecule has 0 aromatic rings. The highest BCUT2D eigenvalue weighted by molar-refractivity contribution is 8.02. The molecule has 180 valence electrons. The van der Waals surface area contributed by atoms with Crippen LogP contribution >= 0.6 is 11.8 Å². The Kier molecular flexibility index (Phi) is 7.35. The number of unbranched alkanes of at least 4 members (excludes halogenated alkanes) is 2. The van der Waals surface area contributed by atoms with Crippen molar-refractivity contribution in [3.63, 3.8) is 0 Å². The SMILES string of the molecule is C=CCN(CCCCC)C(=O)C1N([C@@H](CO)C(C)C)C(=O)[C@@H]2[C@H](C(=O)O)[C@]3(C)CCC12S3. The lowest BCUT2D eigenvalue weighted by atomic mass is 9.66. The third kappa shape index (κ3) is 3.77. The number of carboxylic acids is 1. The molecule has 3 aliphatic heterocycles. The largest absolute Gasteiger partial charge is 0.481 e. The van der Waals surface area contributed by atoms with E-state index in [1.54, 1.807) is 15.9 Å². The van der Waals surface area contributed by atoms with Crippen molar-refractivity contribution < 1.29 is 24.6 Å². The van der Waals surface area contributed by atoms with Crippen LogP contribution in [0.5, 0.6) is 0 Å². The molecule has 2 unspecified atom stereocenters. The molecule has 2 amide bonds. The molecule has 32 heavy (non-hydrogen) atoms. The Labute approximate surface area is 195 Å². The summed E-state index contributed by atoms with van der Waals surface area (Å²) in [6.45, 7) is 12.4. The van der Waals surface area contributed by atoms with Gasteiger partial charge in [-0.3, -0.25) is 14.4 Å². The zero-order valence-corrected chi connectivity index (χ0v) is 20.6. The van der Waals surface area contributed by atoms with E-state index in [0.717, 1.165) is 19.3 Å². The van der Waals surface area contributed by atoms with E-state index in [1.807, 2.05) is 20.8 Å². The van der Waals surface area contributed by atoms with Crippen LogP contribution < -0.4 is 0 Å². The van der Waals surface area contributed by atoms with Crippen molar-refractivity contribution in [3.05, 3.63) is 12.7 Å². The number of carboxylic acid groups (broad SMARTS) is 1. The van der Waals surface area contributed by atoms with Crippen molar-refractivity contribution in [1.29, 1.82) is 0 Å². The Hall–Kier alpha value is -1.54. The lowest BCUT2D eigenvalue weighted by Crippen LogP contribution is -2.58. The Morgan fingerprint density at radius 1 is 1.34 bits per heavy atom. The molecule has 3 fully saturated rings. The first kappa shape index (κ1) is 25.1. The first-order valence-electron chi connectivity index (χ1n) is 11.8. The van der Waals surface area contributed by atoms with E-state index >= 15 is 0 Å². The van der Waals surface area contributed by atoms with Gasteiger partial charge in [0.2, 0.25) is 11.8 Å². The number of carbonyl (C=O) groups is 3. The summed E-state index contributed by atoms with van der Waals surface area (Å²) in [6, 6.07) is -1.29. The van der Waals surface area contributed by atoms with Crippen molar-refractivity contribution in [2.24, 2.45) is 17.8 Å². The third-order valence-electron chi connectivity index (χ3n) is 7.72. The number of thioether (sulfide) groups is 1. The number of fused-ring (bicyclic) bond motifs is 1. The standard InChI is InChI=1S/C24H38N2O5S/c1-6-8-9-13-25(12-7-2)21(29)19-24-11-10-23(5,32-24)18(22(30)31)17(24)20(28)26(19)16(14-27)15(3)4/h7,15-19,27H,2,6,8-14H2,1,3-5H3,(H,30,31)/t16-,17-,18+,19?,23-,24?/m0/s1. The van der Waals surface area contributed by atoms with E-state index in [4.69, 9.17) is 0 Å². The smallest absolute Gasteiger partial charge is 0.308 e. The average molecular weight is 467 g/mol. The third-order valence-corrected chi connectivity index (χ3v) is 9.71. The maximum absolute atomic E-state index is 14.1. The molecule has 7 nitrogen and oxygen atoms in total. The normalized spacial score (nSPS) is 34.1. The molecule has 0 saturated carbocycles. The van der Waals surface area contributed by atoms with Gasteiger partial charge >= 0.3 is 5.97 Å². The molecule has 0 aromatic carbocycles. The maximum Gasteiger partial charge on any atom is 0.308 e. The van der Waals surface area contributed by atoms with Crippen LogP contribution in [-0.2, 0) is 14.4 Å². The molecule has 0 aromatic heterocycles. The number of aliphatic hydroxyl groups is 1. The van der Waals surface area contributed by atoms with Crippen LogP contribution in [0.2, 0.25) is 0 Å². The quantitative estimate of drug-likeness (QED) is 0.359. The van der Waals surface area contributed by atoms with E-state index in [1.165, 1.54) is 11.8 Å². The molecule has 2 N–H and O–H groups in total. The van der Waals surface area contributed by atoms with Crippen LogP contribution in [-0.4, -0.2) is 79.1 Å². The molecule has 1 spiro atoms. The van der Waals surface area contributed by atoms with Gasteiger partial charge in [0.25, 0.3) is 0 Å². The van der Waals surface area contributed by atoms with E-state index in [2.05, 4.69) is 13.5 Å². The van der Waals surface area contributed by atoms with Gasteiger partial charge in [0.05, 0.1) is 29.2 Å². The predicted molar refractivity (Wildman–Crippen MR) is 125 cm³/mol. The Bertz CT molecular complexity index is 773. The molecule has 3 rings (SSSR count). The molecule has 3 saturated heterocycles. The summed E-state index contributed by atoms with van der Waals surface area (Å²) in [5.41, 5.74) is 0. The molecule has 3 heterocycles. The number of hydrogen-bond donors (Lipinski definition) is 2. The van der Waals surface area contributed by atoms with E-state index in [0.29, 0.717) is 25.9 Å². The number of amides is 2. The second-order valence-electron chi connectivity index (χ2n) is 10.1. The Morgan fingerprint density at radius 3 is 2.56 bits per heavy atom. The first-order valence-corrected chi connectivity index (χ1v) is 12.7. The molecular formula is C24H38N2O5S. The summed E-state index contributed by atoms with van der Waals surface area (Å²) >= 11 is 1.54.